The molecule has 0 unspecified atom stereocenters. The van der Waals surface area contributed by atoms with Gasteiger partial charge in [-0.3, -0.25) is 4.98 Å². The zero-order valence-corrected chi connectivity index (χ0v) is 13.8. The fourth-order valence-corrected chi connectivity index (χ4v) is 2.86. The molecule has 6 nitrogen and oxygen atoms in total. The summed E-state index contributed by atoms with van der Waals surface area (Å²) in [6.07, 6.45) is 3.54. The van der Waals surface area contributed by atoms with Gasteiger partial charge >= 0.3 is 5.69 Å². The third-order valence-corrected chi connectivity index (χ3v) is 4.14. The summed E-state index contributed by atoms with van der Waals surface area (Å²) in [5.41, 5.74) is 5.79. The lowest BCUT2D eigenvalue weighted by atomic mass is 10.1. The number of hydrogen-bond donors (Lipinski definition) is 3. The predicted molar refractivity (Wildman–Crippen MR) is 101 cm³/mol. The van der Waals surface area contributed by atoms with Gasteiger partial charge in [0.15, 0.2) is 0 Å². The number of nitriles is 1. The van der Waals surface area contributed by atoms with Gasteiger partial charge in [0.05, 0.1) is 28.4 Å². The Bertz CT molecular complexity index is 1180. The number of nitrogens with one attached hydrogen (secondary N) is 3. The lowest BCUT2D eigenvalue weighted by Gasteiger charge is -2.09. The van der Waals surface area contributed by atoms with Crippen molar-refractivity contribution < 1.29 is 0 Å². The first-order valence-electron chi connectivity index (χ1n) is 8.12. The van der Waals surface area contributed by atoms with Gasteiger partial charge in [-0.2, -0.15) is 5.26 Å². The normalized spacial score (nSPS) is 10.6. The van der Waals surface area contributed by atoms with Crippen LogP contribution in [-0.2, 0) is 6.54 Å². The molecule has 2 aromatic carbocycles. The Morgan fingerprint density at radius 3 is 2.77 bits per heavy atom. The van der Waals surface area contributed by atoms with E-state index >= 15 is 0 Å². The van der Waals surface area contributed by atoms with Crippen molar-refractivity contribution in [2.75, 3.05) is 5.32 Å². The lowest BCUT2D eigenvalue weighted by Crippen LogP contribution is -2.00. The first kappa shape index (κ1) is 15.7. The van der Waals surface area contributed by atoms with Gasteiger partial charge in [0.2, 0.25) is 0 Å². The highest BCUT2D eigenvalue weighted by Crippen LogP contribution is 2.24. The van der Waals surface area contributed by atoms with Crippen LogP contribution in [0.25, 0.3) is 22.2 Å². The van der Waals surface area contributed by atoms with Crippen LogP contribution in [0.3, 0.4) is 0 Å². The third kappa shape index (κ3) is 3.19. The Balaban J connectivity index is 1.57. The second-order valence-electron chi connectivity index (χ2n) is 5.97. The van der Waals surface area contributed by atoms with Gasteiger partial charge in [0.1, 0.15) is 0 Å². The minimum Gasteiger partial charge on any atom is -0.380 e. The molecule has 0 radical (unpaired) electrons. The fraction of sp³-hybridized carbons (Fsp3) is 0.0500. The van der Waals surface area contributed by atoms with Gasteiger partial charge in [-0.25, -0.2) is 4.79 Å². The van der Waals surface area contributed by atoms with E-state index < -0.39 is 0 Å². The number of rotatable bonds is 4. The van der Waals surface area contributed by atoms with E-state index in [9.17, 15) is 4.79 Å². The molecule has 4 rings (SSSR count). The van der Waals surface area contributed by atoms with Crippen LogP contribution in [0.2, 0.25) is 0 Å². The topological polar surface area (TPSA) is 97.4 Å². The lowest BCUT2D eigenvalue weighted by molar-refractivity contribution is 1.13. The maximum absolute atomic E-state index is 11.4. The summed E-state index contributed by atoms with van der Waals surface area (Å²) in [6.45, 7) is 0.602. The van der Waals surface area contributed by atoms with Crippen molar-refractivity contribution in [2.24, 2.45) is 0 Å². The average Bonchev–Trinajstić information content (AvgIpc) is 3.06. The monoisotopic (exact) mass is 341 g/mol. The minimum absolute atomic E-state index is 0.217. The van der Waals surface area contributed by atoms with E-state index in [2.05, 4.69) is 26.3 Å². The second kappa shape index (κ2) is 6.57. The Hall–Kier alpha value is -3.85. The van der Waals surface area contributed by atoms with Gasteiger partial charge in [0, 0.05) is 24.5 Å². The minimum atomic E-state index is -0.217. The summed E-state index contributed by atoms with van der Waals surface area (Å²) >= 11 is 0. The van der Waals surface area contributed by atoms with Crippen LogP contribution in [0.5, 0.6) is 0 Å². The van der Waals surface area contributed by atoms with E-state index in [1.54, 1.807) is 18.5 Å². The molecule has 4 aromatic rings. The van der Waals surface area contributed by atoms with Crippen LogP contribution in [0.15, 0.2) is 65.7 Å². The van der Waals surface area contributed by atoms with Crippen LogP contribution in [0, 0.1) is 11.3 Å². The zero-order chi connectivity index (χ0) is 17.9. The smallest absolute Gasteiger partial charge is 0.323 e. The molecule has 0 fully saturated rings. The van der Waals surface area contributed by atoms with E-state index in [1.165, 1.54) is 0 Å². The predicted octanol–water partition coefficient (Wildman–Crippen LogP) is 3.40. The Labute approximate surface area is 149 Å². The summed E-state index contributed by atoms with van der Waals surface area (Å²) in [6, 6.07) is 17.4. The maximum Gasteiger partial charge on any atom is 0.323 e. The number of aromatic amines is 2. The molecule has 0 saturated carbocycles. The molecule has 0 spiro atoms. The van der Waals surface area contributed by atoms with Crippen molar-refractivity contribution in [3.8, 4) is 17.2 Å². The summed E-state index contributed by atoms with van der Waals surface area (Å²) < 4.78 is 0. The third-order valence-electron chi connectivity index (χ3n) is 4.14. The van der Waals surface area contributed by atoms with Crippen molar-refractivity contribution >= 4 is 16.7 Å². The van der Waals surface area contributed by atoms with E-state index in [0.717, 1.165) is 33.4 Å². The van der Waals surface area contributed by atoms with Gasteiger partial charge in [-0.1, -0.05) is 18.2 Å². The van der Waals surface area contributed by atoms with E-state index in [0.29, 0.717) is 12.1 Å². The molecule has 26 heavy (non-hydrogen) atoms. The number of fused-ring (bicyclic) bond motifs is 1. The molecule has 0 bridgehead atoms. The molecule has 2 heterocycles. The highest BCUT2D eigenvalue weighted by atomic mass is 16.1. The first-order valence-corrected chi connectivity index (χ1v) is 8.12. The Morgan fingerprint density at radius 1 is 1.00 bits per heavy atom. The molecule has 126 valence electrons. The van der Waals surface area contributed by atoms with Gasteiger partial charge in [0.25, 0.3) is 0 Å². The molecule has 0 atom stereocenters. The summed E-state index contributed by atoms with van der Waals surface area (Å²) in [4.78, 5) is 21.2. The quantitative estimate of drug-likeness (QED) is 0.530. The van der Waals surface area contributed by atoms with Gasteiger partial charge in [-0.15, -0.1) is 0 Å². The number of anilines is 1. The van der Waals surface area contributed by atoms with Gasteiger partial charge in [-0.05, 0) is 41.5 Å². The molecule has 2 aromatic heterocycles. The molecule has 3 N–H and O–H groups in total. The molecular weight excluding hydrogens is 326 g/mol. The van der Waals surface area contributed by atoms with E-state index in [4.69, 9.17) is 5.26 Å². The van der Waals surface area contributed by atoms with Crippen molar-refractivity contribution in [3.05, 3.63) is 82.5 Å². The molecule has 6 heteroatoms. The fourth-order valence-electron chi connectivity index (χ4n) is 2.86. The highest BCUT2D eigenvalue weighted by molar-refractivity contribution is 5.81. The molecule has 0 aliphatic heterocycles. The number of H-pyrrole nitrogens is 2. The number of hydrogen-bond acceptors (Lipinski definition) is 4. The number of imidazole rings is 1. The molecule has 0 saturated heterocycles. The Morgan fingerprint density at radius 2 is 1.88 bits per heavy atom. The number of aromatic nitrogens is 3. The van der Waals surface area contributed by atoms with Crippen LogP contribution >= 0.6 is 0 Å². The average molecular weight is 341 g/mol. The highest BCUT2D eigenvalue weighted by Gasteiger charge is 2.04. The van der Waals surface area contributed by atoms with E-state index in [1.807, 2.05) is 42.5 Å². The van der Waals surface area contributed by atoms with Crippen molar-refractivity contribution in [1.82, 2.24) is 15.0 Å². The number of benzene rings is 2. The van der Waals surface area contributed by atoms with Crippen LogP contribution in [0.4, 0.5) is 5.69 Å². The maximum atomic E-state index is 11.4. The molecule has 0 aliphatic carbocycles. The molecular formula is C20H15N5O. The first-order chi connectivity index (χ1) is 12.7. The summed E-state index contributed by atoms with van der Waals surface area (Å²) in [5, 5.41) is 12.3. The number of nitrogens with zero attached hydrogens (tertiary/aromatic N) is 2. The summed E-state index contributed by atoms with van der Waals surface area (Å²) in [7, 11) is 0. The standard InChI is InChI=1S/C20H15N5O/c21-9-13-2-1-3-14(6-13)10-23-17-7-16(11-22-12-17)15-4-5-18-19(8-15)25-20(26)24-18/h1-8,11-12,23H,10H2,(H2,24,25,26). The molecule has 0 aliphatic rings. The van der Waals surface area contributed by atoms with Crippen molar-refractivity contribution in [2.45, 2.75) is 6.54 Å². The molecule has 0 amide bonds. The van der Waals surface area contributed by atoms with Crippen molar-refractivity contribution in [3.63, 3.8) is 0 Å². The SMILES string of the molecule is N#Cc1cccc(CNc2cncc(-c3ccc4[nH]c(=O)[nH]c4c3)c2)c1. The number of pyridine rings is 1. The second-order valence-corrected chi connectivity index (χ2v) is 5.97. The largest absolute Gasteiger partial charge is 0.380 e. The van der Waals surface area contributed by atoms with E-state index in [-0.39, 0.29) is 5.69 Å². The van der Waals surface area contributed by atoms with Crippen LogP contribution < -0.4 is 11.0 Å². The van der Waals surface area contributed by atoms with Gasteiger partial charge < -0.3 is 15.3 Å². The van der Waals surface area contributed by atoms with Crippen LogP contribution in [-0.4, -0.2) is 15.0 Å². The van der Waals surface area contributed by atoms with Crippen molar-refractivity contribution in [1.29, 1.82) is 5.26 Å². The Kier molecular flexibility index (Phi) is 3.96. The van der Waals surface area contributed by atoms with Crippen LogP contribution in [0.1, 0.15) is 11.1 Å². The zero-order valence-electron chi connectivity index (χ0n) is 13.8. The summed E-state index contributed by atoms with van der Waals surface area (Å²) in [5.74, 6) is 0.